The number of azo groups is 1. The molecule has 0 spiro atoms. The number of aromatic nitrogens is 1. The first-order valence-corrected chi connectivity index (χ1v) is 7.66. The van der Waals surface area contributed by atoms with Crippen LogP contribution >= 0.6 is 0 Å². The zero-order valence-corrected chi connectivity index (χ0v) is 14.1. The Morgan fingerprint density at radius 2 is 2.00 bits per heavy atom. The van der Waals surface area contributed by atoms with Gasteiger partial charge in [0.2, 0.25) is 5.88 Å². The molecular formula is C17H16N4O5. The van der Waals surface area contributed by atoms with Crippen LogP contribution in [0.5, 0.6) is 11.6 Å². The van der Waals surface area contributed by atoms with Crippen molar-refractivity contribution in [1.82, 2.24) is 4.57 Å². The van der Waals surface area contributed by atoms with Crippen LogP contribution in [0.3, 0.4) is 0 Å². The van der Waals surface area contributed by atoms with Crippen LogP contribution in [-0.2, 0) is 6.54 Å². The Kier molecular flexibility index (Phi) is 5.37. The van der Waals surface area contributed by atoms with E-state index in [-0.39, 0.29) is 34.6 Å². The minimum absolute atomic E-state index is 0.0797. The largest absolute Gasteiger partial charge is 0.507 e. The van der Waals surface area contributed by atoms with Crippen LogP contribution in [0.25, 0.3) is 0 Å². The van der Waals surface area contributed by atoms with Gasteiger partial charge < -0.3 is 15.3 Å². The molecule has 0 saturated carbocycles. The topological polar surface area (TPSA) is 148 Å². The summed E-state index contributed by atoms with van der Waals surface area (Å²) < 4.78 is 1.04. The number of rotatable bonds is 5. The van der Waals surface area contributed by atoms with Gasteiger partial charge in [0.05, 0.1) is 5.69 Å². The highest BCUT2D eigenvalue weighted by Gasteiger charge is 2.18. The highest BCUT2D eigenvalue weighted by molar-refractivity contribution is 5.91. The molecule has 2 aromatic rings. The average Bonchev–Trinajstić information content (AvgIpc) is 2.60. The lowest BCUT2D eigenvalue weighted by molar-refractivity contribution is 0.0693. The summed E-state index contributed by atoms with van der Waals surface area (Å²) in [5, 5.41) is 45.5. The van der Waals surface area contributed by atoms with E-state index in [1.165, 1.54) is 13.0 Å². The molecule has 0 atom stereocenters. The van der Waals surface area contributed by atoms with Gasteiger partial charge in [0.25, 0.3) is 5.56 Å². The van der Waals surface area contributed by atoms with Crippen molar-refractivity contribution < 1.29 is 20.1 Å². The minimum Gasteiger partial charge on any atom is -0.507 e. The second-order valence-corrected chi connectivity index (χ2v) is 5.45. The van der Waals surface area contributed by atoms with Gasteiger partial charge in [-0.2, -0.15) is 10.4 Å². The van der Waals surface area contributed by atoms with E-state index in [1.54, 1.807) is 0 Å². The number of benzene rings is 1. The van der Waals surface area contributed by atoms with E-state index in [1.807, 2.05) is 13.0 Å². The second-order valence-electron chi connectivity index (χ2n) is 5.45. The van der Waals surface area contributed by atoms with Gasteiger partial charge in [-0.3, -0.25) is 9.36 Å². The zero-order valence-electron chi connectivity index (χ0n) is 14.1. The van der Waals surface area contributed by atoms with E-state index >= 15 is 0 Å². The third-order valence-corrected chi connectivity index (χ3v) is 3.69. The van der Waals surface area contributed by atoms with Gasteiger partial charge in [-0.05, 0) is 31.5 Å². The summed E-state index contributed by atoms with van der Waals surface area (Å²) in [5.74, 6) is -2.18. The Hall–Kier alpha value is -3.67. The molecule has 1 heterocycles. The van der Waals surface area contributed by atoms with E-state index in [9.17, 15) is 25.1 Å². The molecule has 0 radical (unpaired) electrons. The molecule has 26 heavy (non-hydrogen) atoms. The second kappa shape index (κ2) is 7.48. The number of pyridine rings is 1. The van der Waals surface area contributed by atoms with Gasteiger partial charge in [0.15, 0.2) is 5.69 Å². The van der Waals surface area contributed by atoms with Crippen LogP contribution in [0.4, 0.5) is 11.4 Å². The maximum Gasteiger partial charge on any atom is 0.339 e. The number of hydrogen-bond donors (Lipinski definition) is 3. The van der Waals surface area contributed by atoms with Crippen LogP contribution in [0.15, 0.2) is 33.2 Å². The first-order chi connectivity index (χ1) is 12.3. The maximum atomic E-state index is 12.5. The van der Waals surface area contributed by atoms with E-state index < -0.39 is 23.2 Å². The highest BCUT2D eigenvalue weighted by atomic mass is 16.4. The maximum absolute atomic E-state index is 12.5. The fraction of sp³-hybridized carbons (Fsp3) is 0.235. The summed E-state index contributed by atoms with van der Waals surface area (Å²) in [6.07, 6.45) is 0.553. The number of carboxylic acid groups (broad SMARTS) is 1. The molecule has 1 aromatic heterocycles. The molecule has 0 saturated heterocycles. The Balaban J connectivity index is 2.60. The fourth-order valence-electron chi connectivity index (χ4n) is 2.35. The van der Waals surface area contributed by atoms with Crippen molar-refractivity contribution in [2.24, 2.45) is 10.2 Å². The molecule has 0 aliphatic carbocycles. The highest BCUT2D eigenvalue weighted by Crippen LogP contribution is 2.28. The number of hydrogen-bond acceptors (Lipinski definition) is 7. The normalized spacial score (nSPS) is 10.8. The number of carbonyl (C=O) groups is 1. The summed E-state index contributed by atoms with van der Waals surface area (Å²) in [7, 11) is 0. The molecule has 0 aliphatic rings. The molecule has 0 unspecified atom stereocenters. The van der Waals surface area contributed by atoms with Crippen LogP contribution in [0.1, 0.15) is 34.8 Å². The van der Waals surface area contributed by atoms with E-state index in [2.05, 4.69) is 10.2 Å². The predicted octanol–water partition coefficient (Wildman–Crippen LogP) is 2.96. The SMILES string of the molecule is CCCn1c(O)c(C#N)c(C)c(N=Nc2ccc(O)c(C(=O)O)c2)c1=O. The van der Waals surface area contributed by atoms with Crippen LogP contribution in [0, 0.1) is 18.3 Å². The fourth-order valence-corrected chi connectivity index (χ4v) is 2.35. The van der Waals surface area contributed by atoms with Crippen LogP contribution < -0.4 is 5.56 Å². The molecule has 2 rings (SSSR count). The van der Waals surface area contributed by atoms with Crippen molar-refractivity contribution in [1.29, 1.82) is 5.26 Å². The molecular weight excluding hydrogens is 340 g/mol. The van der Waals surface area contributed by atoms with Gasteiger partial charge in [0, 0.05) is 12.1 Å². The molecule has 3 N–H and O–H groups in total. The summed E-state index contributed by atoms with van der Waals surface area (Å²) in [5.41, 5.74) is -0.899. The quantitative estimate of drug-likeness (QED) is 0.701. The lowest BCUT2D eigenvalue weighted by Crippen LogP contribution is -2.21. The zero-order chi connectivity index (χ0) is 19.4. The molecule has 0 bridgehead atoms. The minimum atomic E-state index is -1.34. The first-order valence-electron chi connectivity index (χ1n) is 7.66. The Morgan fingerprint density at radius 3 is 2.58 bits per heavy atom. The Labute approximate surface area is 148 Å². The average molecular weight is 356 g/mol. The van der Waals surface area contributed by atoms with E-state index in [4.69, 9.17) is 5.11 Å². The van der Waals surface area contributed by atoms with Gasteiger partial charge >= 0.3 is 5.97 Å². The smallest absolute Gasteiger partial charge is 0.339 e. The lowest BCUT2D eigenvalue weighted by atomic mass is 10.1. The number of nitriles is 1. The first kappa shape index (κ1) is 18.7. The Bertz CT molecular complexity index is 1000. The molecule has 9 nitrogen and oxygen atoms in total. The third-order valence-electron chi connectivity index (χ3n) is 3.69. The van der Waals surface area contributed by atoms with Crippen molar-refractivity contribution in [2.75, 3.05) is 0 Å². The lowest BCUT2D eigenvalue weighted by Gasteiger charge is -2.11. The van der Waals surface area contributed by atoms with E-state index in [0.29, 0.717) is 6.42 Å². The standard InChI is InChI=1S/C17H16N4O5/c1-3-6-21-15(23)12(8-18)9(2)14(16(21)24)20-19-10-4-5-13(22)11(7-10)17(25)26/h4-5,7,22-23H,3,6H2,1-2H3,(H,25,26). The van der Waals surface area contributed by atoms with Gasteiger partial charge in [-0.25, -0.2) is 4.79 Å². The van der Waals surface area contributed by atoms with Crippen molar-refractivity contribution in [3.8, 4) is 17.7 Å². The molecule has 9 heteroatoms. The monoisotopic (exact) mass is 356 g/mol. The van der Waals surface area contributed by atoms with Crippen molar-refractivity contribution in [2.45, 2.75) is 26.8 Å². The molecule has 0 aliphatic heterocycles. The molecule has 0 fully saturated rings. The van der Waals surface area contributed by atoms with Crippen molar-refractivity contribution in [3.63, 3.8) is 0 Å². The van der Waals surface area contributed by atoms with Crippen LogP contribution in [0.2, 0.25) is 0 Å². The number of aromatic hydroxyl groups is 2. The number of phenols is 1. The molecule has 1 aromatic carbocycles. The number of aromatic carboxylic acids is 1. The third kappa shape index (κ3) is 3.39. The van der Waals surface area contributed by atoms with Crippen molar-refractivity contribution in [3.05, 3.63) is 45.2 Å². The van der Waals surface area contributed by atoms with Crippen molar-refractivity contribution >= 4 is 17.3 Å². The summed E-state index contributed by atoms with van der Waals surface area (Å²) in [6.45, 7) is 3.47. The van der Waals surface area contributed by atoms with Gasteiger partial charge in [0.1, 0.15) is 22.9 Å². The number of nitrogens with zero attached hydrogens (tertiary/aromatic N) is 4. The van der Waals surface area contributed by atoms with Gasteiger partial charge in [-0.15, -0.1) is 5.11 Å². The van der Waals surface area contributed by atoms with Crippen LogP contribution in [-0.4, -0.2) is 25.9 Å². The summed E-state index contributed by atoms with van der Waals surface area (Å²) in [6, 6.07) is 5.42. The molecule has 134 valence electrons. The number of carboxylic acids is 1. The molecule has 0 amide bonds. The van der Waals surface area contributed by atoms with E-state index in [0.717, 1.165) is 16.7 Å². The summed E-state index contributed by atoms with van der Waals surface area (Å²) in [4.78, 5) is 23.6. The Morgan fingerprint density at radius 1 is 1.31 bits per heavy atom. The summed E-state index contributed by atoms with van der Waals surface area (Å²) >= 11 is 0. The predicted molar refractivity (Wildman–Crippen MR) is 91.4 cm³/mol. The van der Waals surface area contributed by atoms with Gasteiger partial charge in [-0.1, -0.05) is 6.92 Å².